The fourth-order valence-corrected chi connectivity index (χ4v) is 4.23. The van der Waals surface area contributed by atoms with Crippen LogP contribution in [0.2, 0.25) is 0 Å². The van der Waals surface area contributed by atoms with E-state index in [-0.39, 0.29) is 5.91 Å². The average Bonchev–Trinajstić information content (AvgIpc) is 3.34. The number of likely N-dealkylation sites (tertiary alicyclic amines) is 1. The number of H-pyrrole nitrogens is 1. The minimum atomic E-state index is -0.405. The van der Waals surface area contributed by atoms with E-state index < -0.39 is 5.97 Å². The van der Waals surface area contributed by atoms with Crippen LogP contribution in [0.5, 0.6) is 0 Å². The zero-order chi connectivity index (χ0) is 18.1. The van der Waals surface area contributed by atoms with Gasteiger partial charge in [0.25, 0.3) is 5.91 Å². The standard InChI is InChI=1S/C19H19N3O3S/c1-25-19(24)16-7-6-15(26-16)18(23)22-10-8-12(9-11-22)17-20-13-4-2-3-5-14(13)21-17/h2-7,12H,8-11H2,1H3,(H,20,21). The van der Waals surface area contributed by atoms with Gasteiger partial charge >= 0.3 is 5.97 Å². The summed E-state index contributed by atoms with van der Waals surface area (Å²) < 4.78 is 4.70. The van der Waals surface area contributed by atoms with Crippen LogP contribution >= 0.6 is 11.3 Å². The number of para-hydroxylation sites is 2. The second-order valence-electron chi connectivity index (χ2n) is 6.36. The zero-order valence-corrected chi connectivity index (χ0v) is 15.2. The third-order valence-corrected chi connectivity index (χ3v) is 5.83. The van der Waals surface area contributed by atoms with Crippen LogP contribution in [0.4, 0.5) is 0 Å². The van der Waals surface area contributed by atoms with E-state index in [0.717, 1.165) is 29.7 Å². The lowest BCUT2D eigenvalue weighted by atomic mass is 9.96. The third kappa shape index (κ3) is 3.10. The number of aromatic amines is 1. The smallest absolute Gasteiger partial charge is 0.348 e. The number of methoxy groups -OCH3 is 1. The number of hydrogen-bond donors (Lipinski definition) is 1. The van der Waals surface area contributed by atoms with Gasteiger partial charge < -0.3 is 14.6 Å². The number of fused-ring (bicyclic) bond motifs is 1. The van der Waals surface area contributed by atoms with Gasteiger partial charge in [0.1, 0.15) is 10.7 Å². The fourth-order valence-electron chi connectivity index (χ4n) is 3.34. The third-order valence-electron chi connectivity index (χ3n) is 4.78. The molecule has 1 aliphatic rings. The molecule has 0 aliphatic carbocycles. The van der Waals surface area contributed by atoms with Gasteiger partial charge in [-0.05, 0) is 37.1 Å². The Hall–Kier alpha value is -2.67. The molecule has 1 aromatic carbocycles. The van der Waals surface area contributed by atoms with E-state index in [9.17, 15) is 9.59 Å². The summed E-state index contributed by atoms with van der Waals surface area (Å²) in [5.41, 5.74) is 2.03. The van der Waals surface area contributed by atoms with Crippen LogP contribution in [0.25, 0.3) is 11.0 Å². The van der Waals surface area contributed by atoms with Crippen molar-refractivity contribution in [3.63, 3.8) is 0 Å². The van der Waals surface area contributed by atoms with Gasteiger partial charge in [-0.15, -0.1) is 11.3 Å². The molecule has 4 rings (SSSR count). The number of amides is 1. The first-order chi connectivity index (χ1) is 12.7. The first-order valence-corrected chi connectivity index (χ1v) is 9.39. The summed E-state index contributed by atoms with van der Waals surface area (Å²) >= 11 is 1.18. The Labute approximate surface area is 154 Å². The second-order valence-corrected chi connectivity index (χ2v) is 7.44. The highest BCUT2D eigenvalue weighted by Gasteiger charge is 2.27. The normalized spacial score (nSPS) is 15.3. The van der Waals surface area contributed by atoms with Crippen LogP contribution < -0.4 is 0 Å². The Morgan fingerprint density at radius 3 is 2.62 bits per heavy atom. The molecular formula is C19H19N3O3S. The molecule has 0 unspecified atom stereocenters. The van der Waals surface area contributed by atoms with Crippen molar-refractivity contribution in [3.05, 3.63) is 52.0 Å². The highest BCUT2D eigenvalue weighted by atomic mass is 32.1. The van der Waals surface area contributed by atoms with E-state index >= 15 is 0 Å². The van der Waals surface area contributed by atoms with E-state index in [4.69, 9.17) is 4.74 Å². The molecule has 2 aromatic heterocycles. The highest BCUT2D eigenvalue weighted by molar-refractivity contribution is 7.15. The molecular weight excluding hydrogens is 350 g/mol. The summed E-state index contributed by atoms with van der Waals surface area (Å²) in [6.45, 7) is 1.37. The number of nitrogens with one attached hydrogen (secondary N) is 1. The predicted octanol–water partition coefficient (Wildman–Crippen LogP) is 3.43. The maximum Gasteiger partial charge on any atom is 0.348 e. The second kappa shape index (κ2) is 6.92. The summed E-state index contributed by atoms with van der Waals surface area (Å²) in [6.07, 6.45) is 1.75. The highest BCUT2D eigenvalue weighted by Crippen LogP contribution is 2.29. The van der Waals surface area contributed by atoms with Crippen molar-refractivity contribution in [2.24, 2.45) is 0 Å². The number of aromatic nitrogens is 2. The average molecular weight is 369 g/mol. The van der Waals surface area contributed by atoms with E-state index in [1.54, 1.807) is 12.1 Å². The number of nitrogens with zero attached hydrogens (tertiary/aromatic N) is 2. The maximum atomic E-state index is 12.7. The number of esters is 1. The zero-order valence-electron chi connectivity index (χ0n) is 14.4. The van der Waals surface area contributed by atoms with Crippen molar-refractivity contribution in [1.29, 1.82) is 0 Å². The molecule has 7 heteroatoms. The topological polar surface area (TPSA) is 75.3 Å². The molecule has 3 heterocycles. The first kappa shape index (κ1) is 16.8. The number of piperidine rings is 1. The number of hydrogen-bond acceptors (Lipinski definition) is 5. The number of carbonyl (C=O) groups is 2. The molecule has 0 atom stereocenters. The van der Waals surface area contributed by atoms with Crippen LogP contribution in [0.3, 0.4) is 0 Å². The minimum absolute atomic E-state index is 0.0202. The Kier molecular flexibility index (Phi) is 4.46. The van der Waals surface area contributed by atoms with Crippen molar-refractivity contribution in [2.75, 3.05) is 20.2 Å². The molecule has 0 saturated carbocycles. The van der Waals surface area contributed by atoms with Crippen LogP contribution in [-0.4, -0.2) is 46.9 Å². The molecule has 1 N–H and O–H groups in total. The molecule has 1 amide bonds. The fraction of sp³-hybridized carbons (Fsp3) is 0.316. The Morgan fingerprint density at radius 2 is 1.88 bits per heavy atom. The van der Waals surface area contributed by atoms with Crippen molar-refractivity contribution in [2.45, 2.75) is 18.8 Å². The van der Waals surface area contributed by atoms with Gasteiger partial charge in [0.2, 0.25) is 0 Å². The van der Waals surface area contributed by atoms with Crippen molar-refractivity contribution in [3.8, 4) is 0 Å². The van der Waals surface area contributed by atoms with E-state index in [2.05, 4.69) is 9.97 Å². The summed E-state index contributed by atoms with van der Waals surface area (Å²) in [6, 6.07) is 11.4. The van der Waals surface area contributed by atoms with Gasteiger partial charge in [0.15, 0.2) is 0 Å². The summed E-state index contributed by atoms with van der Waals surface area (Å²) in [4.78, 5) is 35.2. The van der Waals surface area contributed by atoms with Crippen LogP contribution in [-0.2, 0) is 4.74 Å². The Bertz CT molecular complexity index is 921. The molecule has 0 radical (unpaired) electrons. The van der Waals surface area contributed by atoms with Gasteiger partial charge in [-0.1, -0.05) is 12.1 Å². The molecule has 1 fully saturated rings. The molecule has 0 bridgehead atoms. The summed E-state index contributed by atoms with van der Waals surface area (Å²) in [5, 5.41) is 0. The molecule has 1 saturated heterocycles. The monoisotopic (exact) mass is 369 g/mol. The molecule has 6 nitrogen and oxygen atoms in total. The molecule has 1 aliphatic heterocycles. The number of benzene rings is 1. The van der Waals surface area contributed by atoms with E-state index in [0.29, 0.717) is 28.8 Å². The van der Waals surface area contributed by atoms with Crippen molar-refractivity contribution >= 4 is 34.2 Å². The van der Waals surface area contributed by atoms with Crippen LogP contribution in [0.15, 0.2) is 36.4 Å². The van der Waals surface area contributed by atoms with Gasteiger partial charge in [-0.3, -0.25) is 4.79 Å². The molecule has 3 aromatic rings. The lowest BCUT2D eigenvalue weighted by Gasteiger charge is -2.30. The van der Waals surface area contributed by atoms with E-state index in [1.807, 2.05) is 29.2 Å². The van der Waals surface area contributed by atoms with Gasteiger partial charge in [-0.25, -0.2) is 9.78 Å². The summed E-state index contributed by atoms with van der Waals surface area (Å²) in [5.74, 6) is 0.911. The number of ether oxygens (including phenoxy) is 1. The Morgan fingerprint density at radius 1 is 1.15 bits per heavy atom. The van der Waals surface area contributed by atoms with Gasteiger partial charge in [0, 0.05) is 19.0 Å². The lowest BCUT2D eigenvalue weighted by Crippen LogP contribution is -2.37. The molecule has 0 spiro atoms. The largest absolute Gasteiger partial charge is 0.465 e. The molecule has 26 heavy (non-hydrogen) atoms. The maximum absolute atomic E-state index is 12.7. The SMILES string of the molecule is COC(=O)c1ccc(C(=O)N2CCC(c3nc4ccccc4[nH]3)CC2)s1. The van der Waals surface area contributed by atoms with Crippen LogP contribution in [0, 0.1) is 0 Å². The minimum Gasteiger partial charge on any atom is -0.465 e. The van der Waals surface area contributed by atoms with Crippen molar-refractivity contribution < 1.29 is 14.3 Å². The predicted molar refractivity (Wildman–Crippen MR) is 99.6 cm³/mol. The van der Waals surface area contributed by atoms with Crippen molar-refractivity contribution in [1.82, 2.24) is 14.9 Å². The van der Waals surface area contributed by atoms with Gasteiger partial charge in [0.05, 0.1) is 23.0 Å². The lowest BCUT2D eigenvalue weighted by molar-refractivity contribution is 0.0606. The van der Waals surface area contributed by atoms with Crippen LogP contribution in [0.1, 0.15) is 43.9 Å². The number of imidazole rings is 1. The number of rotatable bonds is 3. The number of thiophene rings is 1. The quantitative estimate of drug-likeness (QED) is 0.718. The Balaban J connectivity index is 1.42. The number of carbonyl (C=O) groups excluding carboxylic acids is 2. The summed E-state index contributed by atoms with van der Waals surface area (Å²) in [7, 11) is 1.34. The van der Waals surface area contributed by atoms with Gasteiger partial charge in [-0.2, -0.15) is 0 Å². The van der Waals surface area contributed by atoms with E-state index in [1.165, 1.54) is 18.4 Å². The first-order valence-electron chi connectivity index (χ1n) is 8.58. The molecule has 134 valence electrons.